The molecule has 1 saturated heterocycles. The second-order valence-corrected chi connectivity index (χ2v) is 7.58. The van der Waals surface area contributed by atoms with Gasteiger partial charge in [-0.25, -0.2) is 0 Å². The molecule has 26 heavy (non-hydrogen) atoms. The predicted molar refractivity (Wildman–Crippen MR) is 92.9 cm³/mol. The zero-order chi connectivity index (χ0) is 19.1. The van der Waals surface area contributed by atoms with Crippen LogP contribution >= 0.6 is 0 Å². The molecule has 8 nitrogen and oxygen atoms in total. The Morgan fingerprint density at radius 1 is 1.42 bits per heavy atom. The molecule has 138 valence electrons. The molecule has 1 aromatic heterocycles. The summed E-state index contributed by atoms with van der Waals surface area (Å²) in [5.41, 5.74) is 0.458. The lowest BCUT2D eigenvalue weighted by molar-refractivity contribution is -0.385. The highest BCUT2D eigenvalue weighted by Gasteiger charge is 2.48. The van der Waals surface area contributed by atoms with Crippen molar-refractivity contribution >= 4 is 23.1 Å². The number of hydrogen-bond donors (Lipinski definition) is 1. The van der Waals surface area contributed by atoms with Crippen LogP contribution in [-0.2, 0) is 14.3 Å². The van der Waals surface area contributed by atoms with E-state index in [4.69, 9.17) is 4.74 Å². The van der Waals surface area contributed by atoms with Gasteiger partial charge in [-0.2, -0.15) is 0 Å². The minimum atomic E-state index is -0.935. The lowest BCUT2D eigenvalue weighted by Crippen LogP contribution is -2.35. The molecule has 3 unspecified atom stereocenters. The normalized spacial score (nSPS) is 25.1. The summed E-state index contributed by atoms with van der Waals surface area (Å²) in [4.78, 5) is 39.5. The fraction of sp³-hybridized carbons (Fsp3) is 0.500. The number of hydrogen-bond acceptors (Lipinski definition) is 6. The summed E-state index contributed by atoms with van der Waals surface area (Å²) in [6, 6.07) is 1.43. The Labute approximate surface area is 150 Å². The lowest BCUT2D eigenvalue weighted by Gasteiger charge is -2.27. The summed E-state index contributed by atoms with van der Waals surface area (Å²) in [5.74, 6) is -2.23. The molecule has 0 radical (unpaired) electrons. The van der Waals surface area contributed by atoms with Crippen LogP contribution in [0.25, 0.3) is 5.57 Å². The van der Waals surface area contributed by atoms with Crippen molar-refractivity contribution in [3.63, 3.8) is 0 Å². The van der Waals surface area contributed by atoms with Gasteiger partial charge in [0.25, 0.3) is 5.69 Å². The molecule has 0 spiro atoms. The van der Waals surface area contributed by atoms with Crippen LogP contribution in [0.1, 0.15) is 39.2 Å². The van der Waals surface area contributed by atoms with E-state index in [0.29, 0.717) is 18.4 Å². The Bertz CT molecular complexity index is 796. The fourth-order valence-electron chi connectivity index (χ4n) is 3.54. The van der Waals surface area contributed by atoms with Crippen LogP contribution in [0.5, 0.6) is 0 Å². The largest absolute Gasteiger partial charge is 0.459 e. The monoisotopic (exact) mass is 359 g/mol. The highest BCUT2D eigenvalue weighted by Crippen LogP contribution is 2.40. The Hall–Kier alpha value is -2.77. The Morgan fingerprint density at radius 3 is 2.81 bits per heavy atom. The van der Waals surface area contributed by atoms with Crippen molar-refractivity contribution in [2.75, 3.05) is 0 Å². The number of rotatable bonds is 3. The van der Waals surface area contributed by atoms with E-state index >= 15 is 0 Å². The van der Waals surface area contributed by atoms with Crippen molar-refractivity contribution in [1.82, 2.24) is 10.3 Å². The van der Waals surface area contributed by atoms with Crippen molar-refractivity contribution in [2.45, 2.75) is 45.3 Å². The van der Waals surface area contributed by atoms with E-state index in [1.54, 1.807) is 26.8 Å². The highest BCUT2D eigenvalue weighted by atomic mass is 16.6. The number of fused-ring (bicyclic) bond motifs is 1. The zero-order valence-electron chi connectivity index (χ0n) is 14.9. The molecule has 0 saturated carbocycles. The maximum Gasteiger partial charge on any atom is 0.319 e. The van der Waals surface area contributed by atoms with Gasteiger partial charge < -0.3 is 10.1 Å². The van der Waals surface area contributed by atoms with E-state index in [1.165, 1.54) is 12.4 Å². The number of allylic oxidation sites excluding steroid dienone is 1. The molecule has 2 heterocycles. The van der Waals surface area contributed by atoms with Crippen LogP contribution in [-0.4, -0.2) is 33.4 Å². The predicted octanol–water partition coefficient (Wildman–Crippen LogP) is 2.24. The molecule has 1 fully saturated rings. The van der Waals surface area contributed by atoms with Gasteiger partial charge in [0.1, 0.15) is 17.7 Å². The van der Waals surface area contributed by atoms with E-state index in [2.05, 4.69) is 10.3 Å². The minimum absolute atomic E-state index is 0.0803. The standard InChI is InChI=1S/C18H21N3O5/c1-18(2,3)26-17(23)15-12-8-10(4-5-13(12)20-16(15)22)11-6-7-19-9-14(11)21(24)25/h6-9,12-13,15H,4-5H2,1-3H3,(H,20,22). The minimum Gasteiger partial charge on any atom is -0.459 e. The summed E-state index contributed by atoms with van der Waals surface area (Å²) < 4.78 is 5.40. The molecule has 3 rings (SSSR count). The second-order valence-electron chi connectivity index (χ2n) is 7.58. The molecule has 1 aliphatic heterocycles. The number of nitro groups is 1. The van der Waals surface area contributed by atoms with Crippen molar-refractivity contribution in [1.29, 1.82) is 0 Å². The quantitative estimate of drug-likeness (QED) is 0.383. The average molecular weight is 359 g/mol. The molecule has 0 aromatic carbocycles. The number of amides is 1. The Kier molecular flexibility index (Phi) is 4.52. The van der Waals surface area contributed by atoms with E-state index in [1.807, 2.05) is 6.08 Å². The third-order valence-corrected chi connectivity index (χ3v) is 4.58. The molecule has 1 N–H and O–H groups in total. The van der Waals surface area contributed by atoms with Gasteiger partial charge in [-0.1, -0.05) is 6.08 Å². The lowest BCUT2D eigenvalue weighted by atomic mass is 9.79. The van der Waals surface area contributed by atoms with Crippen molar-refractivity contribution in [2.24, 2.45) is 11.8 Å². The maximum absolute atomic E-state index is 12.5. The van der Waals surface area contributed by atoms with E-state index in [-0.39, 0.29) is 23.6 Å². The third kappa shape index (κ3) is 3.44. The average Bonchev–Trinajstić information content (AvgIpc) is 2.88. The van der Waals surface area contributed by atoms with Crippen LogP contribution in [0.2, 0.25) is 0 Å². The zero-order valence-corrected chi connectivity index (χ0v) is 14.9. The first-order valence-electron chi connectivity index (χ1n) is 8.50. The van der Waals surface area contributed by atoms with E-state index in [9.17, 15) is 19.7 Å². The molecule has 8 heteroatoms. The SMILES string of the molecule is CC(C)(C)OC(=O)C1C(=O)NC2CCC(c3ccncc3[N+](=O)[O-])=CC21. The van der Waals surface area contributed by atoms with Gasteiger partial charge in [0.15, 0.2) is 0 Å². The summed E-state index contributed by atoms with van der Waals surface area (Å²) in [6.45, 7) is 5.24. The van der Waals surface area contributed by atoms with E-state index in [0.717, 1.165) is 5.57 Å². The molecular formula is C18H21N3O5. The second kappa shape index (κ2) is 6.51. The van der Waals surface area contributed by atoms with Gasteiger partial charge in [0, 0.05) is 18.2 Å². The smallest absolute Gasteiger partial charge is 0.319 e. The van der Waals surface area contributed by atoms with Crippen LogP contribution in [0.4, 0.5) is 5.69 Å². The summed E-state index contributed by atoms with van der Waals surface area (Å²) in [5, 5.41) is 14.1. The molecule has 1 aromatic rings. The number of nitrogens with one attached hydrogen (secondary N) is 1. The van der Waals surface area contributed by atoms with Crippen LogP contribution < -0.4 is 5.32 Å². The maximum atomic E-state index is 12.5. The van der Waals surface area contributed by atoms with Crippen molar-refractivity contribution in [3.05, 3.63) is 40.2 Å². The van der Waals surface area contributed by atoms with Crippen LogP contribution in [0.15, 0.2) is 24.5 Å². The number of nitrogens with zero attached hydrogens (tertiary/aromatic N) is 2. The fourth-order valence-corrected chi connectivity index (χ4v) is 3.54. The number of carbonyl (C=O) groups is 2. The van der Waals surface area contributed by atoms with Gasteiger partial charge in [-0.15, -0.1) is 0 Å². The molecule has 3 atom stereocenters. The first kappa shape index (κ1) is 18.0. The number of pyridine rings is 1. The Balaban J connectivity index is 1.95. The topological polar surface area (TPSA) is 111 Å². The highest BCUT2D eigenvalue weighted by molar-refractivity contribution is 6.01. The van der Waals surface area contributed by atoms with Crippen LogP contribution in [0.3, 0.4) is 0 Å². The van der Waals surface area contributed by atoms with Crippen molar-refractivity contribution in [3.8, 4) is 0 Å². The first-order chi connectivity index (χ1) is 12.2. The van der Waals surface area contributed by atoms with Crippen LogP contribution in [0, 0.1) is 22.0 Å². The number of ether oxygens (including phenoxy) is 1. The molecular weight excluding hydrogens is 338 g/mol. The Morgan fingerprint density at radius 2 is 2.15 bits per heavy atom. The summed E-state index contributed by atoms with van der Waals surface area (Å²) in [6.07, 6.45) is 5.71. The molecule has 1 aliphatic carbocycles. The summed E-state index contributed by atoms with van der Waals surface area (Å²) in [7, 11) is 0. The third-order valence-electron chi connectivity index (χ3n) is 4.58. The first-order valence-corrected chi connectivity index (χ1v) is 8.50. The number of aromatic nitrogens is 1. The number of esters is 1. The molecule has 0 bridgehead atoms. The van der Waals surface area contributed by atoms with Gasteiger partial charge in [-0.05, 0) is 45.3 Å². The van der Waals surface area contributed by atoms with E-state index < -0.39 is 22.4 Å². The number of carbonyl (C=O) groups excluding carboxylic acids is 2. The molecule has 1 amide bonds. The van der Waals surface area contributed by atoms with Gasteiger partial charge in [0.05, 0.1) is 10.5 Å². The summed E-state index contributed by atoms with van der Waals surface area (Å²) >= 11 is 0. The van der Waals surface area contributed by atoms with Gasteiger partial charge in [0.2, 0.25) is 5.91 Å². The molecule has 2 aliphatic rings. The van der Waals surface area contributed by atoms with Gasteiger partial charge in [-0.3, -0.25) is 24.7 Å². The van der Waals surface area contributed by atoms with Crippen molar-refractivity contribution < 1.29 is 19.2 Å². The van der Waals surface area contributed by atoms with Gasteiger partial charge >= 0.3 is 5.97 Å².